The molecule has 20 heavy (non-hydrogen) atoms. The highest BCUT2D eigenvalue weighted by molar-refractivity contribution is 5.68. The molecule has 0 aromatic heterocycles. The average molecular weight is 279 g/mol. The smallest absolute Gasteiger partial charge is 0.316 e. The summed E-state index contributed by atoms with van der Waals surface area (Å²) >= 11 is 0. The summed E-state index contributed by atoms with van der Waals surface area (Å²) in [5.41, 5.74) is 2.88. The van der Waals surface area contributed by atoms with Crippen LogP contribution in [0.4, 0.5) is 13.2 Å². The Morgan fingerprint density at radius 1 is 1.05 bits per heavy atom. The molecule has 4 heteroatoms. The average Bonchev–Trinajstić information content (AvgIpc) is 2.38. The van der Waals surface area contributed by atoms with Gasteiger partial charge in [-0.25, -0.2) is 0 Å². The van der Waals surface area contributed by atoms with E-state index in [4.69, 9.17) is 0 Å². The zero-order chi connectivity index (χ0) is 14.8. The first-order valence-corrected chi connectivity index (χ1v) is 6.33. The number of alkyl halides is 3. The van der Waals surface area contributed by atoms with Crippen LogP contribution in [0.2, 0.25) is 0 Å². The Labute approximate surface area is 116 Å². The van der Waals surface area contributed by atoms with Crippen LogP contribution in [-0.4, -0.2) is 7.05 Å². The molecule has 0 unspecified atom stereocenters. The van der Waals surface area contributed by atoms with Gasteiger partial charge in [0.05, 0.1) is 5.56 Å². The maximum atomic E-state index is 12.7. The minimum Gasteiger partial charge on any atom is -0.316 e. The summed E-state index contributed by atoms with van der Waals surface area (Å²) < 4.78 is 38.0. The summed E-state index contributed by atoms with van der Waals surface area (Å²) in [6.07, 6.45) is -4.29. The molecule has 106 valence electrons. The van der Waals surface area contributed by atoms with Crippen LogP contribution < -0.4 is 5.32 Å². The van der Waals surface area contributed by atoms with Gasteiger partial charge in [0.2, 0.25) is 0 Å². The quantitative estimate of drug-likeness (QED) is 0.878. The van der Waals surface area contributed by atoms with Gasteiger partial charge >= 0.3 is 6.18 Å². The second kappa shape index (κ2) is 5.67. The van der Waals surface area contributed by atoms with Crippen molar-refractivity contribution in [2.24, 2.45) is 0 Å². The molecule has 2 aromatic carbocycles. The third kappa shape index (κ3) is 3.20. The fraction of sp³-hybridized carbons (Fsp3) is 0.250. The first kappa shape index (κ1) is 14.6. The summed E-state index contributed by atoms with van der Waals surface area (Å²) in [4.78, 5) is 0. The minimum absolute atomic E-state index is 0.606. The van der Waals surface area contributed by atoms with Crippen molar-refractivity contribution in [2.75, 3.05) is 7.05 Å². The normalized spacial score (nSPS) is 11.7. The molecular weight excluding hydrogens is 263 g/mol. The van der Waals surface area contributed by atoms with E-state index in [0.29, 0.717) is 5.56 Å². The second-order valence-corrected chi connectivity index (χ2v) is 4.76. The van der Waals surface area contributed by atoms with Gasteiger partial charge in [-0.1, -0.05) is 24.3 Å². The van der Waals surface area contributed by atoms with Crippen molar-refractivity contribution >= 4 is 0 Å². The molecule has 0 amide bonds. The molecule has 2 rings (SSSR count). The van der Waals surface area contributed by atoms with E-state index < -0.39 is 11.7 Å². The van der Waals surface area contributed by atoms with Gasteiger partial charge in [0.25, 0.3) is 0 Å². The van der Waals surface area contributed by atoms with E-state index in [1.807, 2.05) is 31.3 Å². The van der Waals surface area contributed by atoms with Crippen LogP contribution in [0.15, 0.2) is 42.5 Å². The molecule has 0 aliphatic carbocycles. The van der Waals surface area contributed by atoms with E-state index in [9.17, 15) is 13.2 Å². The van der Waals surface area contributed by atoms with Crippen LogP contribution in [0.5, 0.6) is 0 Å². The van der Waals surface area contributed by atoms with Gasteiger partial charge in [0.15, 0.2) is 0 Å². The van der Waals surface area contributed by atoms with Gasteiger partial charge in [-0.05, 0) is 54.4 Å². The molecule has 0 saturated heterocycles. The van der Waals surface area contributed by atoms with Gasteiger partial charge < -0.3 is 5.32 Å². The Morgan fingerprint density at radius 2 is 1.80 bits per heavy atom. The number of benzene rings is 2. The molecule has 0 bridgehead atoms. The molecule has 0 spiro atoms. The van der Waals surface area contributed by atoms with Gasteiger partial charge in [-0.2, -0.15) is 13.2 Å². The molecule has 2 aromatic rings. The molecule has 0 fully saturated rings. The zero-order valence-electron chi connectivity index (χ0n) is 11.4. The topological polar surface area (TPSA) is 12.0 Å². The van der Waals surface area contributed by atoms with Gasteiger partial charge in [-0.3, -0.25) is 0 Å². The third-order valence-corrected chi connectivity index (χ3v) is 3.17. The molecule has 1 nitrogen and oxygen atoms in total. The summed E-state index contributed by atoms with van der Waals surface area (Å²) in [6, 6.07) is 11.7. The maximum absolute atomic E-state index is 12.7. The van der Waals surface area contributed by atoms with E-state index >= 15 is 0 Å². The predicted molar refractivity (Wildman–Crippen MR) is 74.4 cm³/mol. The van der Waals surface area contributed by atoms with Crippen LogP contribution >= 0.6 is 0 Å². The fourth-order valence-electron chi connectivity index (χ4n) is 2.22. The van der Waals surface area contributed by atoms with Gasteiger partial charge in [0, 0.05) is 6.54 Å². The van der Waals surface area contributed by atoms with E-state index in [0.717, 1.165) is 29.3 Å². The number of hydrogen-bond donors (Lipinski definition) is 1. The molecule has 1 N–H and O–H groups in total. The highest BCUT2D eigenvalue weighted by atomic mass is 19.4. The van der Waals surface area contributed by atoms with Crippen LogP contribution in [0, 0.1) is 6.92 Å². The molecule has 0 radical (unpaired) electrons. The summed E-state index contributed by atoms with van der Waals surface area (Å²) in [6.45, 7) is 2.43. The van der Waals surface area contributed by atoms with Gasteiger partial charge in [0.1, 0.15) is 0 Å². The molecule has 0 atom stereocenters. The number of halogens is 3. The highest BCUT2D eigenvalue weighted by Gasteiger charge is 2.30. The SMILES string of the molecule is CNCc1cccc(-c2ccc(C(F)(F)F)cc2C)c1. The maximum Gasteiger partial charge on any atom is 0.416 e. The van der Waals surface area contributed by atoms with E-state index in [1.165, 1.54) is 12.1 Å². The summed E-state index contributed by atoms with van der Waals surface area (Å²) in [5.74, 6) is 0. The Balaban J connectivity index is 2.41. The zero-order valence-corrected chi connectivity index (χ0v) is 11.4. The largest absolute Gasteiger partial charge is 0.416 e. The standard InChI is InChI=1S/C16H16F3N/c1-11-8-14(16(17,18)19)6-7-15(11)13-5-3-4-12(9-13)10-20-2/h3-9,20H,10H2,1-2H3. The first-order valence-electron chi connectivity index (χ1n) is 6.33. The van der Waals surface area contributed by atoms with Crippen molar-refractivity contribution < 1.29 is 13.2 Å². The lowest BCUT2D eigenvalue weighted by atomic mass is 9.97. The predicted octanol–water partition coefficient (Wildman–Crippen LogP) is 4.40. The number of hydrogen-bond acceptors (Lipinski definition) is 1. The van der Waals surface area contributed by atoms with Gasteiger partial charge in [-0.15, -0.1) is 0 Å². The van der Waals surface area contributed by atoms with Crippen molar-refractivity contribution in [3.05, 3.63) is 59.2 Å². The molecule has 0 aliphatic heterocycles. The van der Waals surface area contributed by atoms with E-state index in [2.05, 4.69) is 5.32 Å². The Bertz CT molecular complexity index is 603. The number of rotatable bonds is 3. The van der Waals surface area contributed by atoms with Crippen LogP contribution in [0.1, 0.15) is 16.7 Å². The van der Waals surface area contributed by atoms with Crippen LogP contribution in [0.3, 0.4) is 0 Å². The Morgan fingerprint density at radius 3 is 2.40 bits per heavy atom. The highest BCUT2D eigenvalue weighted by Crippen LogP contribution is 2.33. The van der Waals surface area contributed by atoms with Crippen molar-refractivity contribution in [2.45, 2.75) is 19.6 Å². The number of nitrogens with one attached hydrogen (secondary N) is 1. The lowest BCUT2D eigenvalue weighted by molar-refractivity contribution is -0.137. The monoisotopic (exact) mass is 279 g/mol. The molecule has 0 aliphatic rings. The van der Waals surface area contributed by atoms with Crippen molar-refractivity contribution in [3.63, 3.8) is 0 Å². The van der Waals surface area contributed by atoms with Crippen molar-refractivity contribution in [1.82, 2.24) is 5.32 Å². The summed E-state index contributed by atoms with van der Waals surface area (Å²) in [5, 5.41) is 3.06. The van der Waals surface area contributed by atoms with E-state index in [-0.39, 0.29) is 0 Å². The summed E-state index contributed by atoms with van der Waals surface area (Å²) in [7, 11) is 1.86. The second-order valence-electron chi connectivity index (χ2n) is 4.76. The van der Waals surface area contributed by atoms with Crippen LogP contribution in [-0.2, 0) is 12.7 Å². The molecule has 0 saturated carbocycles. The van der Waals surface area contributed by atoms with E-state index in [1.54, 1.807) is 6.92 Å². The minimum atomic E-state index is -4.29. The Hall–Kier alpha value is -1.81. The fourth-order valence-corrected chi connectivity index (χ4v) is 2.22. The first-order chi connectivity index (χ1) is 9.41. The Kier molecular flexibility index (Phi) is 4.14. The van der Waals surface area contributed by atoms with Crippen LogP contribution in [0.25, 0.3) is 11.1 Å². The molecular formula is C16H16F3N. The third-order valence-electron chi connectivity index (χ3n) is 3.17. The molecule has 0 heterocycles. The lowest BCUT2D eigenvalue weighted by Crippen LogP contribution is -2.06. The number of aryl methyl sites for hydroxylation is 1. The van der Waals surface area contributed by atoms with Crippen molar-refractivity contribution in [1.29, 1.82) is 0 Å². The lowest BCUT2D eigenvalue weighted by Gasteiger charge is -2.12. The van der Waals surface area contributed by atoms with Crippen molar-refractivity contribution in [3.8, 4) is 11.1 Å².